The van der Waals surface area contributed by atoms with E-state index >= 15 is 0 Å². The van der Waals surface area contributed by atoms with Gasteiger partial charge in [0.1, 0.15) is 0 Å². The number of nitrogens with zero attached hydrogens (tertiary/aromatic N) is 1. The fourth-order valence-corrected chi connectivity index (χ4v) is 1.59. The van der Waals surface area contributed by atoms with Crippen molar-refractivity contribution in [3.05, 3.63) is 52.8 Å². The van der Waals surface area contributed by atoms with Crippen molar-refractivity contribution >= 4 is 28.9 Å². The van der Waals surface area contributed by atoms with Gasteiger partial charge < -0.3 is 11.1 Å². The van der Waals surface area contributed by atoms with Crippen molar-refractivity contribution in [1.82, 2.24) is 4.98 Å². The Balaban J connectivity index is 2.31. The fraction of sp³-hybridized carbons (Fsp3) is 0. The molecular weight excluding hydrogens is 276 g/mol. The zero-order valence-electron chi connectivity index (χ0n) is 9.45. The maximum Gasteiger partial charge on any atom is 0.257 e. The van der Waals surface area contributed by atoms with Crippen LogP contribution < -0.4 is 11.1 Å². The molecule has 0 aliphatic rings. The first-order valence-electron chi connectivity index (χ1n) is 5.15. The molecule has 0 saturated heterocycles. The molecule has 7 heteroatoms. The summed E-state index contributed by atoms with van der Waals surface area (Å²) in [5, 5.41) is 2.49. The topological polar surface area (TPSA) is 68.0 Å². The van der Waals surface area contributed by atoms with E-state index in [2.05, 4.69) is 10.3 Å². The number of amides is 1. The molecule has 19 heavy (non-hydrogen) atoms. The summed E-state index contributed by atoms with van der Waals surface area (Å²) in [6.07, 6.45) is 1.45. The third-order valence-electron chi connectivity index (χ3n) is 2.34. The molecule has 2 aromatic rings. The van der Waals surface area contributed by atoms with E-state index in [4.69, 9.17) is 17.3 Å². The molecule has 0 spiro atoms. The SMILES string of the molecule is Nc1cc(F)c(F)cc1C(=O)Nc1cccnc1Cl. The first-order valence-corrected chi connectivity index (χ1v) is 5.53. The summed E-state index contributed by atoms with van der Waals surface area (Å²) in [4.78, 5) is 15.6. The molecule has 0 radical (unpaired) electrons. The summed E-state index contributed by atoms with van der Waals surface area (Å²) in [5.74, 6) is -2.98. The summed E-state index contributed by atoms with van der Waals surface area (Å²) in [5.41, 5.74) is 5.36. The molecule has 0 fully saturated rings. The normalized spacial score (nSPS) is 10.3. The van der Waals surface area contributed by atoms with Crippen molar-refractivity contribution in [1.29, 1.82) is 0 Å². The molecule has 1 heterocycles. The summed E-state index contributed by atoms with van der Waals surface area (Å²) in [7, 11) is 0. The van der Waals surface area contributed by atoms with Gasteiger partial charge in [0, 0.05) is 18.0 Å². The van der Waals surface area contributed by atoms with Crippen LogP contribution in [0.1, 0.15) is 10.4 Å². The molecular formula is C12H8ClF2N3O. The predicted octanol–water partition coefficient (Wildman–Crippen LogP) is 2.85. The number of benzene rings is 1. The van der Waals surface area contributed by atoms with Gasteiger partial charge in [-0.2, -0.15) is 0 Å². The highest BCUT2D eigenvalue weighted by atomic mass is 35.5. The van der Waals surface area contributed by atoms with Gasteiger partial charge in [-0.1, -0.05) is 11.6 Å². The number of nitrogens with one attached hydrogen (secondary N) is 1. The molecule has 3 N–H and O–H groups in total. The van der Waals surface area contributed by atoms with Crippen LogP contribution >= 0.6 is 11.6 Å². The number of hydrogen-bond donors (Lipinski definition) is 2. The molecule has 0 bridgehead atoms. The molecule has 4 nitrogen and oxygen atoms in total. The average Bonchev–Trinajstić information content (AvgIpc) is 2.36. The Morgan fingerprint density at radius 3 is 2.68 bits per heavy atom. The molecule has 1 amide bonds. The van der Waals surface area contributed by atoms with Crippen LogP contribution in [0.4, 0.5) is 20.2 Å². The minimum absolute atomic E-state index is 0.0806. The van der Waals surface area contributed by atoms with E-state index < -0.39 is 17.5 Å². The van der Waals surface area contributed by atoms with Crippen LogP contribution in [0.5, 0.6) is 0 Å². The Bertz CT molecular complexity index is 649. The van der Waals surface area contributed by atoms with E-state index in [0.29, 0.717) is 0 Å². The van der Waals surface area contributed by atoms with Gasteiger partial charge >= 0.3 is 0 Å². The maximum atomic E-state index is 13.1. The molecule has 0 aliphatic carbocycles. The zero-order valence-corrected chi connectivity index (χ0v) is 10.2. The smallest absolute Gasteiger partial charge is 0.257 e. The lowest BCUT2D eigenvalue weighted by atomic mass is 10.1. The lowest BCUT2D eigenvalue weighted by Gasteiger charge is -2.08. The van der Waals surface area contributed by atoms with Gasteiger partial charge in [0.15, 0.2) is 16.8 Å². The van der Waals surface area contributed by atoms with Gasteiger partial charge in [-0.15, -0.1) is 0 Å². The van der Waals surface area contributed by atoms with E-state index in [-0.39, 0.29) is 22.1 Å². The summed E-state index contributed by atoms with van der Waals surface area (Å²) >= 11 is 5.76. The number of aromatic nitrogens is 1. The molecule has 2 rings (SSSR count). The number of hydrogen-bond acceptors (Lipinski definition) is 3. The van der Waals surface area contributed by atoms with Crippen molar-refractivity contribution in [3.8, 4) is 0 Å². The Morgan fingerprint density at radius 1 is 1.32 bits per heavy atom. The van der Waals surface area contributed by atoms with Gasteiger partial charge in [-0.3, -0.25) is 4.79 Å². The molecule has 0 atom stereocenters. The second-order valence-corrected chi connectivity index (χ2v) is 4.01. The Hall–Kier alpha value is -2.21. The zero-order chi connectivity index (χ0) is 14.0. The molecule has 1 aromatic heterocycles. The summed E-state index contributed by atoms with van der Waals surface area (Å²) in [6, 6.07) is 4.55. The van der Waals surface area contributed by atoms with Crippen LogP contribution in [0.3, 0.4) is 0 Å². The van der Waals surface area contributed by atoms with Crippen LogP contribution in [0.15, 0.2) is 30.5 Å². The lowest BCUT2D eigenvalue weighted by molar-refractivity contribution is 0.102. The Morgan fingerprint density at radius 2 is 2.00 bits per heavy atom. The minimum atomic E-state index is -1.16. The van der Waals surface area contributed by atoms with Gasteiger partial charge in [0.05, 0.1) is 11.3 Å². The highest BCUT2D eigenvalue weighted by Crippen LogP contribution is 2.21. The van der Waals surface area contributed by atoms with E-state index in [9.17, 15) is 13.6 Å². The Kier molecular flexibility index (Phi) is 3.62. The Labute approximate surface area is 112 Å². The maximum absolute atomic E-state index is 13.1. The van der Waals surface area contributed by atoms with E-state index in [1.54, 1.807) is 6.07 Å². The molecule has 1 aromatic carbocycles. The molecule has 0 saturated carbocycles. The second kappa shape index (κ2) is 5.19. The monoisotopic (exact) mass is 283 g/mol. The van der Waals surface area contributed by atoms with Crippen LogP contribution in [0.2, 0.25) is 5.15 Å². The third kappa shape index (κ3) is 2.79. The first-order chi connectivity index (χ1) is 8.99. The predicted molar refractivity (Wildman–Crippen MR) is 68.0 cm³/mol. The standard InChI is InChI=1S/C12H8ClF2N3O/c13-11-10(2-1-3-17-11)18-12(19)6-4-7(14)8(15)5-9(6)16/h1-5H,16H2,(H,18,19). The van der Waals surface area contributed by atoms with Crippen molar-refractivity contribution in [2.24, 2.45) is 0 Å². The van der Waals surface area contributed by atoms with E-state index in [1.807, 2.05) is 0 Å². The summed E-state index contributed by atoms with van der Waals surface area (Å²) < 4.78 is 26.0. The number of carbonyl (C=O) groups is 1. The number of halogens is 3. The molecule has 0 unspecified atom stereocenters. The quantitative estimate of drug-likeness (QED) is 0.658. The van der Waals surface area contributed by atoms with Crippen molar-refractivity contribution in [3.63, 3.8) is 0 Å². The third-order valence-corrected chi connectivity index (χ3v) is 2.65. The van der Waals surface area contributed by atoms with Crippen molar-refractivity contribution < 1.29 is 13.6 Å². The highest BCUT2D eigenvalue weighted by molar-refractivity contribution is 6.32. The fourth-order valence-electron chi connectivity index (χ4n) is 1.43. The average molecular weight is 284 g/mol. The number of nitrogen functional groups attached to an aromatic ring is 1. The number of pyridine rings is 1. The van der Waals surface area contributed by atoms with Gasteiger partial charge in [-0.05, 0) is 18.2 Å². The van der Waals surface area contributed by atoms with Crippen molar-refractivity contribution in [2.45, 2.75) is 0 Å². The van der Waals surface area contributed by atoms with Crippen LogP contribution in [-0.4, -0.2) is 10.9 Å². The van der Waals surface area contributed by atoms with Crippen LogP contribution in [-0.2, 0) is 0 Å². The highest BCUT2D eigenvalue weighted by Gasteiger charge is 2.15. The van der Waals surface area contributed by atoms with Gasteiger partial charge in [0.2, 0.25) is 0 Å². The molecule has 98 valence electrons. The van der Waals surface area contributed by atoms with Gasteiger partial charge in [-0.25, -0.2) is 13.8 Å². The molecule has 0 aliphatic heterocycles. The minimum Gasteiger partial charge on any atom is -0.398 e. The number of nitrogens with two attached hydrogens (primary N) is 1. The number of rotatable bonds is 2. The lowest BCUT2D eigenvalue weighted by Crippen LogP contribution is -2.15. The van der Waals surface area contributed by atoms with Crippen LogP contribution in [0, 0.1) is 11.6 Å². The first kappa shape index (κ1) is 13.2. The van der Waals surface area contributed by atoms with Crippen LogP contribution in [0.25, 0.3) is 0 Å². The number of carbonyl (C=O) groups excluding carboxylic acids is 1. The van der Waals surface area contributed by atoms with E-state index in [1.165, 1.54) is 12.3 Å². The largest absolute Gasteiger partial charge is 0.398 e. The van der Waals surface area contributed by atoms with Gasteiger partial charge in [0.25, 0.3) is 5.91 Å². The summed E-state index contributed by atoms with van der Waals surface area (Å²) in [6.45, 7) is 0. The second-order valence-electron chi connectivity index (χ2n) is 3.65. The van der Waals surface area contributed by atoms with E-state index in [0.717, 1.165) is 12.1 Å². The number of anilines is 2. The van der Waals surface area contributed by atoms with Crippen molar-refractivity contribution in [2.75, 3.05) is 11.1 Å².